The Morgan fingerprint density at radius 3 is 2.36 bits per heavy atom. The number of carbonyl (C=O) groups excluding carboxylic acids is 3. The summed E-state index contributed by atoms with van der Waals surface area (Å²) in [6, 6.07) is 6.67. The van der Waals surface area contributed by atoms with Crippen molar-refractivity contribution in [2.75, 3.05) is 32.5 Å². The van der Waals surface area contributed by atoms with Crippen molar-refractivity contribution in [2.45, 2.75) is 32.6 Å². The van der Waals surface area contributed by atoms with Crippen LogP contribution in [0.15, 0.2) is 24.3 Å². The van der Waals surface area contributed by atoms with Crippen molar-refractivity contribution in [3.05, 3.63) is 29.8 Å². The Morgan fingerprint density at radius 2 is 1.76 bits per heavy atom. The van der Waals surface area contributed by atoms with E-state index >= 15 is 0 Å². The predicted molar refractivity (Wildman–Crippen MR) is 95.9 cm³/mol. The third kappa shape index (κ3) is 7.69. The van der Waals surface area contributed by atoms with E-state index in [-0.39, 0.29) is 17.8 Å². The zero-order chi connectivity index (χ0) is 18.7. The van der Waals surface area contributed by atoms with E-state index in [0.717, 1.165) is 0 Å². The molecule has 2 amide bonds. The van der Waals surface area contributed by atoms with E-state index in [1.54, 1.807) is 29.2 Å². The lowest BCUT2D eigenvalue weighted by atomic mass is 10.2. The van der Waals surface area contributed by atoms with E-state index < -0.39 is 0 Å². The highest BCUT2D eigenvalue weighted by molar-refractivity contribution is 5.94. The van der Waals surface area contributed by atoms with Gasteiger partial charge in [0.2, 0.25) is 5.91 Å². The van der Waals surface area contributed by atoms with Gasteiger partial charge < -0.3 is 20.7 Å². The molecule has 0 aliphatic rings. The van der Waals surface area contributed by atoms with Gasteiger partial charge in [0.1, 0.15) is 0 Å². The van der Waals surface area contributed by atoms with Crippen molar-refractivity contribution in [1.29, 1.82) is 0 Å². The third-order valence-corrected chi connectivity index (χ3v) is 3.82. The average molecular weight is 349 g/mol. The molecule has 7 nitrogen and oxygen atoms in total. The lowest BCUT2D eigenvalue weighted by Crippen LogP contribution is -2.38. The number of nitrogens with two attached hydrogens (primary N) is 1. The fraction of sp³-hybridized carbons (Fsp3) is 0.500. The summed E-state index contributed by atoms with van der Waals surface area (Å²) in [5, 5.41) is 2.79. The Bertz CT molecular complexity index is 572. The second-order valence-corrected chi connectivity index (χ2v) is 5.63. The molecule has 0 saturated carbocycles. The number of esters is 1. The smallest absolute Gasteiger partial charge is 0.305 e. The van der Waals surface area contributed by atoms with Crippen LogP contribution in [0.25, 0.3) is 0 Å². The molecule has 1 aromatic rings. The topological polar surface area (TPSA) is 102 Å². The zero-order valence-electron chi connectivity index (χ0n) is 14.9. The minimum Gasteiger partial charge on any atom is -0.469 e. The van der Waals surface area contributed by atoms with Crippen LogP contribution in [-0.4, -0.2) is 49.4 Å². The first kappa shape index (κ1) is 20.5. The summed E-state index contributed by atoms with van der Waals surface area (Å²) in [4.78, 5) is 36.9. The maximum absolute atomic E-state index is 12.2. The van der Waals surface area contributed by atoms with Crippen LogP contribution < -0.4 is 11.1 Å². The van der Waals surface area contributed by atoms with Crippen molar-refractivity contribution in [1.82, 2.24) is 10.2 Å². The van der Waals surface area contributed by atoms with Gasteiger partial charge >= 0.3 is 5.97 Å². The van der Waals surface area contributed by atoms with Gasteiger partial charge in [0.25, 0.3) is 5.91 Å². The fourth-order valence-electron chi connectivity index (χ4n) is 2.31. The number of hydrogen-bond donors (Lipinski definition) is 2. The molecular weight excluding hydrogens is 322 g/mol. The summed E-state index contributed by atoms with van der Waals surface area (Å²) < 4.78 is 4.56. The molecule has 138 valence electrons. The molecule has 7 heteroatoms. The number of amides is 2. The van der Waals surface area contributed by atoms with E-state index in [9.17, 15) is 14.4 Å². The summed E-state index contributed by atoms with van der Waals surface area (Å²) >= 11 is 0. The van der Waals surface area contributed by atoms with E-state index in [2.05, 4.69) is 10.1 Å². The molecule has 0 fully saturated rings. The number of unbranched alkanes of at least 4 members (excludes halogenated alkanes) is 1. The molecule has 0 aliphatic heterocycles. The van der Waals surface area contributed by atoms with Gasteiger partial charge in [-0.2, -0.15) is 0 Å². The minimum atomic E-state index is -0.259. The maximum atomic E-state index is 12.2. The SMILES string of the molecule is CCN(CCNC(=O)c1ccc(N)cc1)C(=O)CCCCC(=O)OC. The van der Waals surface area contributed by atoms with Gasteiger partial charge in [-0.3, -0.25) is 14.4 Å². The van der Waals surface area contributed by atoms with Crippen LogP contribution in [-0.2, 0) is 14.3 Å². The molecular formula is C18H27N3O4. The monoisotopic (exact) mass is 349 g/mol. The van der Waals surface area contributed by atoms with Crippen LogP contribution in [0, 0.1) is 0 Å². The van der Waals surface area contributed by atoms with Crippen LogP contribution in [0.4, 0.5) is 5.69 Å². The Labute approximate surface area is 148 Å². The second-order valence-electron chi connectivity index (χ2n) is 5.63. The van der Waals surface area contributed by atoms with E-state index in [4.69, 9.17) is 5.73 Å². The highest BCUT2D eigenvalue weighted by Crippen LogP contribution is 2.06. The lowest BCUT2D eigenvalue weighted by molar-refractivity contribution is -0.141. The molecule has 0 unspecified atom stereocenters. The number of carbonyl (C=O) groups is 3. The first-order valence-corrected chi connectivity index (χ1v) is 8.46. The molecule has 0 radical (unpaired) electrons. The van der Waals surface area contributed by atoms with Crippen molar-refractivity contribution in [3.8, 4) is 0 Å². The molecule has 3 N–H and O–H groups in total. The summed E-state index contributed by atoms with van der Waals surface area (Å²) in [5.74, 6) is -0.430. The molecule has 0 heterocycles. The van der Waals surface area contributed by atoms with Crippen LogP contribution in [0.1, 0.15) is 43.0 Å². The number of hydrogen-bond acceptors (Lipinski definition) is 5. The predicted octanol–water partition coefficient (Wildman–Crippen LogP) is 1.58. The van der Waals surface area contributed by atoms with Crippen LogP contribution >= 0.6 is 0 Å². The highest BCUT2D eigenvalue weighted by atomic mass is 16.5. The van der Waals surface area contributed by atoms with E-state index in [1.807, 2.05) is 6.92 Å². The third-order valence-electron chi connectivity index (χ3n) is 3.82. The van der Waals surface area contributed by atoms with Crippen molar-refractivity contribution in [3.63, 3.8) is 0 Å². The number of methoxy groups -OCH3 is 1. The highest BCUT2D eigenvalue weighted by Gasteiger charge is 2.12. The normalized spacial score (nSPS) is 10.2. The number of nitrogen functional groups attached to an aromatic ring is 1. The molecule has 1 rings (SSSR count). The van der Waals surface area contributed by atoms with Crippen LogP contribution in [0.5, 0.6) is 0 Å². The molecule has 0 spiro atoms. The number of ether oxygens (including phenoxy) is 1. The quantitative estimate of drug-likeness (QED) is 0.379. The number of anilines is 1. The summed E-state index contributed by atoms with van der Waals surface area (Å²) in [5.41, 5.74) is 6.73. The standard InChI is InChI=1S/C18H27N3O4/c1-3-21(16(22)6-4-5-7-17(23)25-2)13-12-20-18(24)14-8-10-15(19)11-9-14/h8-11H,3-7,12-13,19H2,1-2H3,(H,20,24). The van der Waals surface area contributed by atoms with Crippen LogP contribution in [0.3, 0.4) is 0 Å². The average Bonchev–Trinajstić information content (AvgIpc) is 2.62. The molecule has 0 atom stereocenters. The molecule has 0 saturated heterocycles. The maximum Gasteiger partial charge on any atom is 0.305 e. The second kappa shape index (κ2) is 11.1. The number of benzene rings is 1. The minimum absolute atomic E-state index is 0.0223. The Morgan fingerprint density at radius 1 is 1.12 bits per heavy atom. The Hall–Kier alpha value is -2.57. The number of nitrogens with zero attached hydrogens (tertiary/aromatic N) is 1. The van der Waals surface area contributed by atoms with Gasteiger partial charge in [0, 0.05) is 43.7 Å². The van der Waals surface area contributed by atoms with Crippen molar-refractivity contribution < 1.29 is 19.1 Å². The lowest BCUT2D eigenvalue weighted by Gasteiger charge is -2.21. The zero-order valence-corrected chi connectivity index (χ0v) is 14.9. The number of nitrogens with one attached hydrogen (secondary N) is 1. The van der Waals surface area contributed by atoms with Gasteiger partial charge in [0.15, 0.2) is 0 Å². The summed E-state index contributed by atoms with van der Waals surface area (Å²) in [6.07, 6.45) is 1.98. The summed E-state index contributed by atoms with van der Waals surface area (Å²) in [7, 11) is 1.35. The Balaban J connectivity index is 2.30. The fourth-order valence-corrected chi connectivity index (χ4v) is 2.31. The summed E-state index contributed by atoms with van der Waals surface area (Å²) in [6.45, 7) is 3.31. The van der Waals surface area contributed by atoms with Gasteiger partial charge in [-0.1, -0.05) is 0 Å². The molecule has 0 aliphatic carbocycles. The van der Waals surface area contributed by atoms with Crippen LogP contribution in [0.2, 0.25) is 0 Å². The number of rotatable bonds is 10. The van der Waals surface area contributed by atoms with Crippen molar-refractivity contribution >= 4 is 23.5 Å². The molecule has 25 heavy (non-hydrogen) atoms. The Kier molecular flexibility index (Phi) is 9.06. The molecule has 1 aromatic carbocycles. The first-order valence-electron chi connectivity index (χ1n) is 8.46. The van der Waals surface area contributed by atoms with Gasteiger partial charge in [0.05, 0.1) is 7.11 Å². The largest absolute Gasteiger partial charge is 0.469 e. The molecule has 0 bridgehead atoms. The van der Waals surface area contributed by atoms with Gasteiger partial charge in [-0.15, -0.1) is 0 Å². The van der Waals surface area contributed by atoms with Gasteiger partial charge in [-0.25, -0.2) is 0 Å². The first-order chi connectivity index (χ1) is 12.0. The van der Waals surface area contributed by atoms with Gasteiger partial charge in [-0.05, 0) is 44.0 Å². The molecule has 0 aromatic heterocycles. The van der Waals surface area contributed by atoms with E-state index in [0.29, 0.717) is 56.6 Å². The van der Waals surface area contributed by atoms with E-state index in [1.165, 1.54) is 7.11 Å². The number of likely N-dealkylation sites (N-methyl/N-ethyl adjacent to an activating group) is 1. The van der Waals surface area contributed by atoms with Crippen molar-refractivity contribution in [2.24, 2.45) is 0 Å².